The number of hydrogen-bond acceptors (Lipinski definition) is 4. The van der Waals surface area contributed by atoms with E-state index >= 15 is 0 Å². The molecule has 0 bridgehead atoms. The fourth-order valence-electron chi connectivity index (χ4n) is 3.48. The summed E-state index contributed by atoms with van der Waals surface area (Å²) in [6, 6.07) is 16.5. The first kappa shape index (κ1) is 27.6. The van der Waals surface area contributed by atoms with Gasteiger partial charge in [0, 0.05) is 28.6 Å². The van der Waals surface area contributed by atoms with Crippen molar-refractivity contribution in [1.82, 2.24) is 14.7 Å². The normalized spacial score (nSPS) is 11.3. The van der Waals surface area contributed by atoms with Gasteiger partial charge < -0.3 is 15.5 Å². The third-order valence-electron chi connectivity index (χ3n) is 5.57. The van der Waals surface area contributed by atoms with Crippen molar-refractivity contribution in [2.75, 3.05) is 30.0 Å². The summed E-state index contributed by atoms with van der Waals surface area (Å²) in [5, 5.41) is 11.1. The maximum atomic E-state index is 13.1. The van der Waals surface area contributed by atoms with Gasteiger partial charge in [0.1, 0.15) is 12.4 Å². The molecule has 2 aromatic carbocycles. The Kier molecular flexibility index (Phi) is 9.45. The Balaban J connectivity index is 1.80. The van der Waals surface area contributed by atoms with E-state index in [2.05, 4.69) is 31.4 Å². The number of nitrogens with zero attached hydrogens (tertiary/aromatic N) is 3. The molecule has 0 radical (unpaired) electrons. The molecule has 0 saturated carbocycles. The number of amides is 3. The second kappa shape index (κ2) is 12.3. The molecule has 0 saturated heterocycles. The fraction of sp³-hybridized carbons (Fsp3) is 0.370. The van der Waals surface area contributed by atoms with Gasteiger partial charge in [0.25, 0.3) is 0 Å². The molecule has 7 nitrogen and oxygen atoms in total. The van der Waals surface area contributed by atoms with Crippen LogP contribution < -0.4 is 10.6 Å². The van der Waals surface area contributed by atoms with Crippen LogP contribution in [0.5, 0.6) is 0 Å². The Morgan fingerprint density at radius 3 is 2.39 bits per heavy atom. The van der Waals surface area contributed by atoms with Crippen LogP contribution >= 0.6 is 23.4 Å². The number of thioether (sulfide) groups is 1. The van der Waals surface area contributed by atoms with Crippen LogP contribution in [0.4, 0.5) is 16.3 Å². The van der Waals surface area contributed by atoms with Gasteiger partial charge >= 0.3 is 6.03 Å². The first-order chi connectivity index (χ1) is 17.1. The zero-order valence-electron chi connectivity index (χ0n) is 21.5. The number of hydrogen-bond donors (Lipinski definition) is 2. The van der Waals surface area contributed by atoms with Crippen molar-refractivity contribution in [1.29, 1.82) is 0 Å². The minimum Gasteiger partial charge on any atom is -0.315 e. The summed E-state index contributed by atoms with van der Waals surface area (Å²) in [5.41, 5.74) is 1.93. The van der Waals surface area contributed by atoms with Crippen molar-refractivity contribution in [3.63, 3.8) is 0 Å². The van der Waals surface area contributed by atoms with Gasteiger partial charge in [-0.2, -0.15) is 5.10 Å². The fourth-order valence-corrected chi connectivity index (χ4v) is 4.10. The summed E-state index contributed by atoms with van der Waals surface area (Å²) >= 11 is 8.07. The lowest BCUT2D eigenvalue weighted by molar-refractivity contribution is -0.116. The molecule has 3 aromatic rings. The molecule has 0 fully saturated rings. The van der Waals surface area contributed by atoms with Gasteiger partial charge in [-0.1, -0.05) is 57.8 Å². The van der Waals surface area contributed by atoms with E-state index in [9.17, 15) is 9.59 Å². The number of para-hydroxylation sites is 1. The van der Waals surface area contributed by atoms with Crippen molar-refractivity contribution < 1.29 is 9.59 Å². The molecular weight excluding hydrogens is 494 g/mol. The highest BCUT2D eigenvalue weighted by Crippen LogP contribution is 2.29. The molecule has 36 heavy (non-hydrogen) atoms. The number of nitrogens with one attached hydrogen (secondary N) is 2. The molecule has 9 heteroatoms. The number of aromatic nitrogens is 2. The Morgan fingerprint density at radius 1 is 1.08 bits per heavy atom. The molecule has 0 unspecified atom stereocenters. The number of carbonyl (C=O) groups is 2. The molecule has 1 aromatic heterocycles. The van der Waals surface area contributed by atoms with Gasteiger partial charge in [-0.05, 0) is 49.1 Å². The molecule has 0 aliphatic carbocycles. The van der Waals surface area contributed by atoms with Crippen LogP contribution in [0.25, 0.3) is 5.69 Å². The largest absolute Gasteiger partial charge is 0.322 e. The van der Waals surface area contributed by atoms with E-state index in [1.807, 2.05) is 61.7 Å². The molecule has 3 rings (SSSR count). The zero-order valence-corrected chi connectivity index (χ0v) is 23.0. The molecule has 1 heterocycles. The second-order valence-electron chi connectivity index (χ2n) is 9.51. The standard InChI is InChI=1S/C27H34ClN5O2S/c1-6-7-16-32(26(35)29-19-12-14-20(36-5)15-13-19)18-25(34)30-24-17-23(27(2,3)4)31-33(24)22-11-9-8-10-21(22)28/h8-15,17H,6-7,16,18H2,1-5H3,(H,29,35)(H,30,34). The van der Waals surface area contributed by atoms with Crippen LogP contribution in [0.2, 0.25) is 5.02 Å². The van der Waals surface area contributed by atoms with Crippen LogP contribution in [-0.2, 0) is 10.2 Å². The van der Waals surface area contributed by atoms with Crippen molar-refractivity contribution in [3.8, 4) is 5.69 Å². The SMILES string of the molecule is CCCCN(CC(=O)Nc1cc(C(C)(C)C)nn1-c1ccccc1Cl)C(=O)Nc1ccc(SC)cc1. The van der Waals surface area contributed by atoms with Gasteiger partial charge in [-0.15, -0.1) is 11.8 Å². The van der Waals surface area contributed by atoms with E-state index < -0.39 is 0 Å². The van der Waals surface area contributed by atoms with Crippen LogP contribution in [0.15, 0.2) is 59.5 Å². The molecule has 192 valence electrons. The van der Waals surface area contributed by atoms with Crippen molar-refractivity contribution in [2.45, 2.75) is 50.8 Å². The Labute approximate surface area is 222 Å². The number of rotatable bonds is 9. The van der Waals surface area contributed by atoms with Gasteiger partial charge in [-0.3, -0.25) is 4.79 Å². The number of carbonyl (C=O) groups excluding carboxylic acids is 2. The quantitative estimate of drug-likeness (QED) is 0.299. The van der Waals surface area contributed by atoms with Gasteiger partial charge in [0.2, 0.25) is 5.91 Å². The molecule has 0 atom stereocenters. The third kappa shape index (κ3) is 7.27. The summed E-state index contributed by atoms with van der Waals surface area (Å²) in [4.78, 5) is 28.8. The Hall–Kier alpha value is -2.97. The lowest BCUT2D eigenvalue weighted by Gasteiger charge is -2.22. The van der Waals surface area contributed by atoms with Crippen molar-refractivity contribution in [3.05, 3.63) is 65.3 Å². The zero-order chi connectivity index (χ0) is 26.3. The summed E-state index contributed by atoms with van der Waals surface area (Å²) in [5.74, 6) is 0.189. The lowest BCUT2D eigenvalue weighted by Crippen LogP contribution is -2.41. The van der Waals surface area contributed by atoms with E-state index in [4.69, 9.17) is 16.7 Å². The van der Waals surface area contributed by atoms with Gasteiger partial charge in [0.15, 0.2) is 0 Å². The molecule has 0 spiro atoms. The molecule has 0 aliphatic rings. The predicted molar refractivity (Wildman–Crippen MR) is 150 cm³/mol. The summed E-state index contributed by atoms with van der Waals surface area (Å²) in [7, 11) is 0. The lowest BCUT2D eigenvalue weighted by atomic mass is 9.92. The first-order valence-electron chi connectivity index (χ1n) is 12.0. The minimum absolute atomic E-state index is 0.0900. The van der Waals surface area contributed by atoms with E-state index in [1.165, 1.54) is 4.90 Å². The van der Waals surface area contributed by atoms with Crippen LogP contribution in [0.3, 0.4) is 0 Å². The second-order valence-corrected chi connectivity index (χ2v) is 10.8. The number of unbranched alkanes of at least 4 members (excludes halogenated alkanes) is 1. The van der Waals surface area contributed by atoms with Crippen molar-refractivity contribution >= 4 is 46.8 Å². The Bertz CT molecular complexity index is 1190. The number of anilines is 2. The van der Waals surface area contributed by atoms with Gasteiger partial charge in [-0.25, -0.2) is 9.48 Å². The summed E-state index contributed by atoms with van der Waals surface area (Å²) in [6.07, 6.45) is 3.70. The predicted octanol–water partition coefficient (Wildman–Crippen LogP) is 6.82. The first-order valence-corrected chi connectivity index (χ1v) is 13.6. The highest BCUT2D eigenvalue weighted by atomic mass is 35.5. The summed E-state index contributed by atoms with van der Waals surface area (Å²) in [6.45, 7) is 8.59. The molecule has 3 amide bonds. The molecular formula is C27H34ClN5O2S. The number of urea groups is 1. The average Bonchev–Trinajstić information content (AvgIpc) is 3.26. The monoisotopic (exact) mass is 527 g/mol. The average molecular weight is 528 g/mol. The maximum absolute atomic E-state index is 13.1. The van der Waals surface area contributed by atoms with Crippen LogP contribution in [0.1, 0.15) is 46.2 Å². The summed E-state index contributed by atoms with van der Waals surface area (Å²) < 4.78 is 1.64. The Morgan fingerprint density at radius 2 is 1.78 bits per heavy atom. The topological polar surface area (TPSA) is 79.3 Å². The van der Waals surface area contributed by atoms with Crippen molar-refractivity contribution in [2.24, 2.45) is 0 Å². The highest BCUT2D eigenvalue weighted by molar-refractivity contribution is 7.98. The van der Waals surface area contributed by atoms with E-state index in [0.29, 0.717) is 28.8 Å². The number of halogens is 1. The third-order valence-corrected chi connectivity index (χ3v) is 6.63. The maximum Gasteiger partial charge on any atom is 0.322 e. The smallest absolute Gasteiger partial charge is 0.315 e. The molecule has 0 aliphatic heterocycles. The van der Waals surface area contributed by atoms with Crippen LogP contribution in [-0.4, -0.2) is 46.0 Å². The highest BCUT2D eigenvalue weighted by Gasteiger charge is 2.23. The van der Waals surface area contributed by atoms with E-state index in [0.717, 1.165) is 23.4 Å². The number of benzene rings is 2. The van der Waals surface area contributed by atoms with E-state index in [-0.39, 0.29) is 23.9 Å². The minimum atomic E-state index is -0.314. The van der Waals surface area contributed by atoms with Gasteiger partial charge in [0.05, 0.1) is 16.4 Å². The van der Waals surface area contributed by atoms with Crippen LogP contribution in [0, 0.1) is 0 Å². The van der Waals surface area contributed by atoms with E-state index in [1.54, 1.807) is 22.5 Å². The molecule has 2 N–H and O–H groups in total.